The van der Waals surface area contributed by atoms with Gasteiger partial charge < -0.3 is 5.32 Å². The van der Waals surface area contributed by atoms with E-state index in [2.05, 4.69) is 5.32 Å². The molecule has 2 rings (SSSR count). The van der Waals surface area contributed by atoms with Gasteiger partial charge in [-0.1, -0.05) is 11.6 Å². The molecular weight excluding hydrogens is 236 g/mol. The van der Waals surface area contributed by atoms with E-state index in [0.29, 0.717) is 10.7 Å². The number of hydrogen-bond acceptors (Lipinski definition) is 4. The van der Waals surface area contributed by atoms with Crippen LogP contribution in [-0.2, 0) is 9.84 Å². The lowest BCUT2D eigenvalue weighted by molar-refractivity contribution is 0.591. The molecule has 4 nitrogen and oxygen atoms in total. The van der Waals surface area contributed by atoms with Gasteiger partial charge in [-0.3, -0.25) is 0 Å². The highest BCUT2D eigenvalue weighted by Crippen LogP contribution is 2.30. The van der Waals surface area contributed by atoms with Gasteiger partial charge in [-0.15, -0.1) is 0 Å². The molecule has 0 amide bonds. The fourth-order valence-electron chi connectivity index (χ4n) is 1.49. The van der Waals surface area contributed by atoms with Crippen LogP contribution in [0, 0.1) is 11.3 Å². The Bertz CT molecular complexity index is 548. The number of fused-ring (bicyclic) bond motifs is 1. The maximum absolute atomic E-state index is 11.7. The van der Waals surface area contributed by atoms with E-state index in [0.717, 1.165) is 0 Å². The summed E-state index contributed by atoms with van der Waals surface area (Å²) in [6, 6.07) is 5.66. The van der Waals surface area contributed by atoms with Crippen molar-refractivity contribution < 1.29 is 8.42 Å². The van der Waals surface area contributed by atoms with Crippen LogP contribution in [0.4, 0.5) is 5.69 Å². The van der Waals surface area contributed by atoms with E-state index >= 15 is 0 Å². The summed E-state index contributed by atoms with van der Waals surface area (Å²) in [5.41, 5.74) is 0.403. The quantitative estimate of drug-likeness (QED) is 0.747. The molecule has 1 aromatic carbocycles. The molecule has 15 heavy (non-hydrogen) atoms. The van der Waals surface area contributed by atoms with E-state index in [4.69, 9.17) is 16.9 Å². The maximum atomic E-state index is 11.7. The van der Waals surface area contributed by atoms with Gasteiger partial charge in [0, 0.05) is 5.02 Å². The summed E-state index contributed by atoms with van der Waals surface area (Å²) in [5, 5.41) is 12.0. The Morgan fingerprint density at radius 1 is 1.53 bits per heavy atom. The van der Waals surface area contributed by atoms with Crippen LogP contribution in [0.25, 0.3) is 0 Å². The van der Waals surface area contributed by atoms with Gasteiger partial charge in [-0.25, -0.2) is 8.42 Å². The first kappa shape index (κ1) is 10.3. The van der Waals surface area contributed by atoms with E-state index < -0.39 is 15.9 Å². The first-order valence-corrected chi connectivity index (χ1v) is 6.24. The van der Waals surface area contributed by atoms with Gasteiger partial charge in [0.15, 0.2) is 9.84 Å². The van der Waals surface area contributed by atoms with E-state index in [9.17, 15) is 8.42 Å². The SMILES string of the molecule is N#CC1CS(=O)(=O)c2ccc(Cl)cc2N1. The first-order valence-electron chi connectivity index (χ1n) is 4.21. The number of sulfone groups is 1. The number of nitrogens with one attached hydrogen (secondary N) is 1. The minimum atomic E-state index is -3.36. The predicted molar refractivity (Wildman–Crippen MR) is 56.5 cm³/mol. The molecule has 0 aliphatic carbocycles. The van der Waals surface area contributed by atoms with E-state index in [-0.39, 0.29) is 10.6 Å². The number of nitriles is 1. The molecule has 0 fully saturated rings. The molecule has 6 heteroatoms. The molecule has 0 radical (unpaired) electrons. The van der Waals surface area contributed by atoms with Gasteiger partial charge in [0.1, 0.15) is 6.04 Å². The van der Waals surface area contributed by atoms with Crippen molar-refractivity contribution in [2.24, 2.45) is 0 Å². The molecule has 1 atom stereocenters. The number of rotatable bonds is 0. The van der Waals surface area contributed by atoms with Crippen molar-refractivity contribution in [1.82, 2.24) is 0 Å². The summed E-state index contributed by atoms with van der Waals surface area (Å²) >= 11 is 5.74. The largest absolute Gasteiger partial charge is 0.368 e. The van der Waals surface area contributed by atoms with Crippen molar-refractivity contribution >= 4 is 27.1 Å². The van der Waals surface area contributed by atoms with Crippen LogP contribution in [-0.4, -0.2) is 20.2 Å². The van der Waals surface area contributed by atoms with Crippen molar-refractivity contribution in [3.05, 3.63) is 23.2 Å². The number of anilines is 1. The van der Waals surface area contributed by atoms with Crippen molar-refractivity contribution in [3.8, 4) is 6.07 Å². The van der Waals surface area contributed by atoms with E-state index in [1.165, 1.54) is 18.2 Å². The lowest BCUT2D eigenvalue weighted by Gasteiger charge is -2.22. The third kappa shape index (κ3) is 1.78. The highest BCUT2D eigenvalue weighted by molar-refractivity contribution is 7.91. The van der Waals surface area contributed by atoms with Gasteiger partial charge in [0.2, 0.25) is 0 Å². The summed E-state index contributed by atoms with van der Waals surface area (Å²) < 4.78 is 23.4. The van der Waals surface area contributed by atoms with Crippen LogP contribution in [0.3, 0.4) is 0 Å². The average Bonchev–Trinajstić information content (AvgIpc) is 2.15. The number of halogens is 1. The summed E-state index contributed by atoms with van der Waals surface area (Å²) in [6.45, 7) is 0. The second kappa shape index (κ2) is 3.40. The van der Waals surface area contributed by atoms with Crippen LogP contribution < -0.4 is 5.32 Å². The zero-order chi connectivity index (χ0) is 11.1. The second-order valence-electron chi connectivity index (χ2n) is 3.25. The zero-order valence-electron chi connectivity index (χ0n) is 7.57. The molecule has 78 valence electrons. The molecule has 0 aromatic heterocycles. The molecule has 1 aliphatic heterocycles. The average molecular weight is 243 g/mol. The normalized spacial score (nSPS) is 22.3. The molecule has 1 N–H and O–H groups in total. The second-order valence-corrected chi connectivity index (χ2v) is 5.69. The number of hydrogen-bond donors (Lipinski definition) is 1. The molecule has 0 spiro atoms. The van der Waals surface area contributed by atoms with Crippen LogP contribution in [0.1, 0.15) is 0 Å². The third-order valence-electron chi connectivity index (χ3n) is 2.15. The Morgan fingerprint density at radius 3 is 2.93 bits per heavy atom. The molecule has 1 aliphatic rings. The Labute approximate surface area is 92.4 Å². The minimum Gasteiger partial charge on any atom is -0.368 e. The van der Waals surface area contributed by atoms with Crippen molar-refractivity contribution in [3.63, 3.8) is 0 Å². The molecule has 0 saturated carbocycles. The number of benzene rings is 1. The van der Waals surface area contributed by atoms with Crippen LogP contribution in [0.2, 0.25) is 5.02 Å². The minimum absolute atomic E-state index is 0.196. The molecule has 1 heterocycles. The molecule has 1 unspecified atom stereocenters. The summed E-state index contributed by atoms with van der Waals surface area (Å²) in [5.74, 6) is -0.196. The van der Waals surface area contributed by atoms with Crippen molar-refractivity contribution in [2.45, 2.75) is 10.9 Å². The van der Waals surface area contributed by atoms with Crippen LogP contribution in [0.15, 0.2) is 23.1 Å². The highest BCUT2D eigenvalue weighted by Gasteiger charge is 2.29. The van der Waals surface area contributed by atoms with Gasteiger partial charge in [0.25, 0.3) is 0 Å². The van der Waals surface area contributed by atoms with E-state index in [1.807, 2.05) is 6.07 Å². The Kier molecular flexibility index (Phi) is 2.33. The first-order chi connectivity index (χ1) is 7.03. The molecular formula is C9H7ClN2O2S. The van der Waals surface area contributed by atoms with Gasteiger partial charge in [0.05, 0.1) is 22.4 Å². The smallest absolute Gasteiger partial charge is 0.183 e. The van der Waals surface area contributed by atoms with E-state index in [1.54, 1.807) is 0 Å². The maximum Gasteiger partial charge on any atom is 0.183 e. The fourth-order valence-corrected chi connectivity index (χ4v) is 3.17. The van der Waals surface area contributed by atoms with Crippen molar-refractivity contribution in [2.75, 3.05) is 11.1 Å². The lowest BCUT2D eigenvalue weighted by Crippen LogP contribution is -2.32. The topological polar surface area (TPSA) is 70.0 Å². The molecule has 0 saturated heterocycles. The summed E-state index contributed by atoms with van der Waals surface area (Å²) in [7, 11) is -3.36. The standard InChI is InChI=1S/C9H7ClN2O2S/c10-6-1-2-9-8(3-6)12-7(4-11)5-15(9,13)14/h1-3,7,12H,5H2. The summed E-state index contributed by atoms with van der Waals surface area (Å²) in [6.07, 6.45) is 0. The predicted octanol–water partition coefficient (Wildman–Crippen LogP) is 1.43. The van der Waals surface area contributed by atoms with Crippen LogP contribution in [0.5, 0.6) is 0 Å². The molecule has 1 aromatic rings. The van der Waals surface area contributed by atoms with Gasteiger partial charge in [-0.2, -0.15) is 5.26 Å². The number of nitrogens with zero attached hydrogens (tertiary/aromatic N) is 1. The van der Waals surface area contributed by atoms with Crippen molar-refractivity contribution in [1.29, 1.82) is 5.26 Å². The third-order valence-corrected chi connectivity index (χ3v) is 4.18. The van der Waals surface area contributed by atoms with Gasteiger partial charge >= 0.3 is 0 Å². The Balaban J connectivity index is 2.61. The van der Waals surface area contributed by atoms with Crippen LogP contribution >= 0.6 is 11.6 Å². The lowest BCUT2D eigenvalue weighted by atomic mass is 10.2. The highest BCUT2D eigenvalue weighted by atomic mass is 35.5. The Hall–Kier alpha value is -1.25. The Morgan fingerprint density at radius 2 is 2.27 bits per heavy atom. The zero-order valence-corrected chi connectivity index (χ0v) is 9.14. The fraction of sp³-hybridized carbons (Fsp3) is 0.222. The van der Waals surface area contributed by atoms with Gasteiger partial charge in [-0.05, 0) is 18.2 Å². The summed E-state index contributed by atoms with van der Waals surface area (Å²) in [4.78, 5) is 0.207. The molecule has 0 bridgehead atoms. The monoisotopic (exact) mass is 242 g/mol.